The predicted octanol–water partition coefficient (Wildman–Crippen LogP) is 1.20. The minimum Gasteiger partial charge on any atom is -0.356 e. The fraction of sp³-hybridized carbons (Fsp3) is 0.353. The van der Waals surface area contributed by atoms with Crippen LogP contribution in [0, 0.1) is 0 Å². The molecule has 0 aliphatic carbocycles. The lowest BCUT2D eigenvalue weighted by Crippen LogP contribution is -2.54. The van der Waals surface area contributed by atoms with Crippen molar-refractivity contribution in [2.24, 2.45) is 0 Å². The summed E-state index contributed by atoms with van der Waals surface area (Å²) in [7, 11) is 0. The molecular formula is C17H17ClN4O3. The Morgan fingerprint density at radius 3 is 3.04 bits per heavy atom. The number of ether oxygens (including phenoxy) is 1. The van der Waals surface area contributed by atoms with Crippen molar-refractivity contribution in [2.75, 3.05) is 13.2 Å². The summed E-state index contributed by atoms with van der Waals surface area (Å²) in [6.07, 6.45) is 1.53. The molecular weight excluding hydrogens is 344 g/mol. The zero-order valence-electron chi connectivity index (χ0n) is 13.4. The van der Waals surface area contributed by atoms with Crippen LogP contribution in [0.15, 0.2) is 30.6 Å². The molecule has 0 bridgehead atoms. The fourth-order valence-electron chi connectivity index (χ4n) is 3.32. The molecule has 3 heterocycles. The second-order valence-electron chi connectivity index (χ2n) is 6.14. The van der Waals surface area contributed by atoms with Crippen LogP contribution in [0.2, 0.25) is 5.02 Å². The average Bonchev–Trinajstić information content (AvgIpc) is 3.09. The van der Waals surface area contributed by atoms with Crippen LogP contribution in [0.1, 0.15) is 23.0 Å². The van der Waals surface area contributed by atoms with Gasteiger partial charge in [-0.05, 0) is 11.6 Å². The highest BCUT2D eigenvalue weighted by molar-refractivity contribution is 6.31. The van der Waals surface area contributed by atoms with Crippen molar-refractivity contribution in [3.63, 3.8) is 0 Å². The number of carbonyl (C=O) groups is 2. The lowest BCUT2D eigenvalue weighted by atomic mass is 9.98. The summed E-state index contributed by atoms with van der Waals surface area (Å²) in [6, 6.07) is 6.55. The van der Waals surface area contributed by atoms with Crippen molar-refractivity contribution in [1.82, 2.24) is 20.2 Å². The van der Waals surface area contributed by atoms with E-state index in [1.165, 1.54) is 0 Å². The summed E-state index contributed by atoms with van der Waals surface area (Å²) in [6.45, 7) is 0.886. The number of nitrogens with one attached hydrogen (secondary N) is 2. The molecule has 0 unspecified atom stereocenters. The first kappa shape index (κ1) is 16.1. The maximum Gasteiger partial charge on any atom is 0.254 e. The first-order valence-corrected chi connectivity index (χ1v) is 8.46. The van der Waals surface area contributed by atoms with Gasteiger partial charge in [-0.25, -0.2) is 4.98 Å². The molecule has 1 fully saturated rings. The normalized spacial score (nSPS) is 23.1. The third-order valence-corrected chi connectivity index (χ3v) is 4.93. The quantitative estimate of drug-likeness (QED) is 0.842. The zero-order chi connectivity index (χ0) is 17.4. The molecule has 0 spiro atoms. The van der Waals surface area contributed by atoms with E-state index in [1.807, 2.05) is 6.07 Å². The van der Waals surface area contributed by atoms with Crippen molar-refractivity contribution in [3.05, 3.63) is 52.6 Å². The van der Waals surface area contributed by atoms with Crippen molar-refractivity contribution in [2.45, 2.75) is 25.1 Å². The Labute approximate surface area is 149 Å². The zero-order valence-corrected chi connectivity index (χ0v) is 14.1. The SMILES string of the molecule is O=C1CO[C@H](C(=O)N2CCc3nc[nH]c3C2)[C@@H](c2ccccc2Cl)N1. The van der Waals surface area contributed by atoms with E-state index in [0.717, 1.165) is 11.4 Å². The molecule has 2 N–H and O–H groups in total. The smallest absolute Gasteiger partial charge is 0.254 e. The van der Waals surface area contributed by atoms with Crippen LogP contribution in [0.25, 0.3) is 0 Å². The lowest BCUT2D eigenvalue weighted by molar-refractivity contribution is -0.156. The molecule has 8 heteroatoms. The summed E-state index contributed by atoms with van der Waals surface area (Å²) < 4.78 is 5.61. The molecule has 25 heavy (non-hydrogen) atoms. The topological polar surface area (TPSA) is 87.3 Å². The molecule has 4 rings (SSSR count). The Morgan fingerprint density at radius 2 is 2.20 bits per heavy atom. The molecule has 130 valence electrons. The van der Waals surface area contributed by atoms with Crippen molar-refractivity contribution in [1.29, 1.82) is 0 Å². The van der Waals surface area contributed by atoms with E-state index in [4.69, 9.17) is 16.3 Å². The van der Waals surface area contributed by atoms with E-state index in [-0.39, 0.29) is 18.4 Å². The van der Waals surface area contributed by atoms with Crippen LogP contribution < -0.4 is 5.32 Å². The number of imidazole rings is 1. The Bertz CT molecular complexity index is 822. The number of morpholine rings is 1. The highest BCUT2D eigenvalue weighted by atomic mass is 35.5. The third-order valence-electron chi connectivity index (χ3n) is 4.58. The Hall–Kier alpha value is -2.38. The number of nitrogens with zero attached hydrogens (tertiary/aromatic N) is 2. The van der Waals surface area contributed by atoms with E-state index in [9.17, 15) is 9.59 Å². The van der Waals surface area contributed by atoms with Crippen LogP contribution in [-0.4, -0.2) is 45.9 Å². The van der Waals surface area contributed by atoms with Gasteiger partial charge in [0.25, 0.3) is 5.91 Å². The summed E-state index contributed by atoms with van der Waals surface area (Å²) in [4.78, 5) is 33.9. The maximum absolute atomic E-state index is 13.1. The van der Waals surface area contributed by atoms with Gasteiger partial charge in [0.2, 0.25) is 5.91 Å². The summed E-state index contributed by atoms with van der Waals surface area (Å²) in [5, 5.41) is 3.33. The molecule has 1 saturated heterocycles. The minimum absolute atomic E-state index is 0.138. The van der Waals surface area contributed by atoms with Crippen LogP contribution in [0.3, 0.4) is 0 Å². The molecule has 2 amide bonds. The average molecular weight is 361 g/mol. The molecule has 2 atom stereocenters. The number of hydrogen-bond acceptors (Lipinski definition) is 4. The highest BCUT2D eigenvalue weighted by Crippen LogP contribution is 2.30. The largest absolute Gasteiger partial charge is 0.356 e. The second kappa shape index (κ2) is 6.50. The van der Waals surface area contributed by atoms with Crippen LogP contribution >= 0.6 is 11.6 Å². The van der Waals surface area contributed by atoms with Crippen molar-refractivity contribution in [3.8, 4) is 0 Å². The summed E-state index contributed by atoms with van der Waals surface area (Å²) in [5.41, 5.74) is 2.60. The van der Waals surface area contributed by atoms with E-state index in [1.54, 1.807) is 29.4 Å². The summed E-state index contributed by atoms with van der Waals surface area (Å²) in [5.74, 6) is -0.423. The molecule has 2 aliphatic heterocycles. The van der Waals surface area contributed by atoms with Gasteiger partial charge < -0.3 is 19.9 Å². The van der Waals surface area contributed by atoms with Crippen molar-refractivity contribution >= 4 is 23.4 Å². The molecule has 0 radical (unpaired) electrons. The number of benzene rings is 1. The van der Waals surface area contributed by atoms with Crippen molar-refractivity contribution < 1.29 is 14.3 Å². The number of fused-ring (bicyclic) bond motifs is 1. The molecule has 2 aliphatic rings. The molecule has 2 aromatic rings. The molecule has 0 saturated carbocycles. The van der Waals surface area contributed by atoms with Gasteiger partial charge in [0, 0.05) is 18.0 Å². The second-order valence-corrected chi connectivity index (χ2v) is 6.54. The Morgan fingerprint density at radius 1 is 1.36 bits per heavy atom. The number of halogens is 1. The van der Waals surface area contributed by atoms with E-state index in [0.29, 0.717) is 30.1 Å². The van der Waals surface area contributed by atoms with Crippen LogP contribution in [0.5, 0.6) is 0 Å². The number of aromatic nitrogens is 2. The molecule has 1 aromatic heterocycles. The van der Waals surface area contributed by atoms with E-state index >= 15 is 0 Å². The van der Waals surface area contributed by atoms with E-state index in [2.05, 4.69) is 15.3 Å². The first-order valence-electron chi connectivity index (χ1n) is 8.09. The number of carbonyl (C=O) groups excluding carboxylic acids is 2. The van der Waals surface area contributed by atoms with Crippen LogP contribution in [-0.2, 0) is 27.3 Å². The number of rotatable bonds is 2. The molecule has 7 nitrogen and oxygen atoms in total. The number of aromatic amines is 1. The van der Waals surface area contributed by atoms with Gasteiger partial charge in [0.05, 0.1) is 30.3 Å². The Balaban J connectivity index is 1.60. The number of H-pyrrole nitrogens is 1. The van der Waals surface area contributed by atoms with Gasteiger partial charge in [-0.2, -0.15) is 0 Å². The molecule has 1 aromatic carbocycles. The monoisotopic (exact) mass is 360 g/mol. The van der Waals surface area contributed by atoms with E-state index < -0.39 is 12.1 Å². The Kier molecular flexibility index (Phi) is 4.19. The maximum atomic E-state index is 13.1. The van der Waals surface area contributed by atoms with Crippen LogP contribution in [0.4, 0.5) is 0 Å². The van der Waals surface area contributed by atoms with Gasteiger partial charge in [0.15, 0.2) is 6.10 Å². The third kappa shape index (κ3) is 3.01. The summed E-state index contributed by atoms with van der Waals surface area (Å²) >= 11 is 6.27. The standard InChI is InChI=1S/C17H17ClN4O3/c18-11-4-2-1-3-10(11)15-16(25-8-14(23)21-15)17(24)22-6-5-12-13(7-22)20-9-19-12/h1-4,9,15-16H,5-8H2,(H,19,20)(H,21,23)/t15-,16+/m1/s1. The first-order chi connectivity index (χ1) is 12.1. The van der Waals surface area contributed by atoms with Gasteiger partial charge in [-0.3, -0.25) is 9.59 Å². The highest BCUT2D eigenvalue weighted by Gasteiger charge is 2.40. The predicted molar refractivity (Wildman–Crippen MR) is 89.8 cm³/mol. The van der Waals surface area contributed by atoms with Gasteiger partial charge >= 0.3 is 0 Å². The van der Waals surface area contributed by atoms with Gasteiger partial charge in [-0.15, -0.1) is 0 Å². The fourth-order valence-corrected chi connectivity index (χ4v) is 3.57. The van der Waals surface area contributed by atoms with Gasteiger partial charge in [-0.1, -0.05) is 29.8 Å². The number of hydrogen-bond donors (Lipinski definition) is 2. The minimum atomic E-state index is -0.804. The number of amides is 2. The lowest BCUT2D eigenvalue weighted by Gasteiger charge is -2.36. The van der Waals surface area contributed by atoms with Gasteiger partial charge in [0.1, 0.15) is 6.61 Å².